The number of hydrogen-bond donors (Lipinski definition) is 1. The molecule has 0 amide bonds. The molecule has 0 aliphatic carbocycles. The number of para-hydroxylation sites is 1. The average molecular weight is 231 g/mol. The van der Waals surface area contributed by atoms with E-state index >= 15 is 0 Å². The predicted octanol–water partition coefficient (Wildman–Crippen LogP) is 3.24. The Hall–Kier alpha value is -1.77. The molecule has 0 radical (unpaired) electrons. The number of carboxylic acids is 1. The Kier molecular flexibility index (Phi) is 2.92. The zero-order valence-corrected chi connectivity index (χ0v) is 10.2. The van der Waals surface area contributed by atoms with Crippen LogP contribution in [0.2, 0.25) is 0 Å². The van der Waals surface area contributed by atoms with E-state index in [9.17, 15) is 9.90 Å². The Balaban J connectivity index is 2.69. The minimum absolute atomic E-state index is 0.581. The van der Waals surface area contributed by atoms with Crippen LogP contribution in [0.1, 0.15) is 26.7 Å². The second-order valence-electron chi connectivity index (χ2n) is 4.29. The number of aliphatic carboxylic acids is 1. The maximum Gasteiger partial charge on any atom is 0.329 e. The van der Waals surface area contributed by atoms with Crippen LogP contribution in [0, 0.1) is 0 Å². The quantitative estimate of drug-likeness (QED) is 0.877. The number of aromatic nitrogens is 1. The maximum absolute atomic E-state index is 11.6. The van der Waals surface area contributed by atoms with Crippen LogP contribution >= 0.6 is 0 Å². The molecule has 90 valence electrons. The molecule has 0 aliphatic heterocycles. The third-order valence-corrected chi connectivity index (χ3v) is 3.63. The average Bonchev–Trinajstić information content (AvgIpc) is 2.76. The number of fused-ring (bicyclic) bond motifs is 1. The Bertz CT molecular complexity index is 538. The lowest BCUT2D eigenvalue weighted by Crippen LogP contribution is -2.40. The Morgan fingerprint density at radius 1 is 1.24 bits per heavy atom. The molecule has 1 aromatic heterocycles. The number of nitrogens with zero attached hydrogens (tertiary/aromatic N) is 1. The lowest BCUT2D eigenvalue weighted by Gasteiger charge is -2.29. The summed E-state index contributed by atoms with van der Waals surface area (Å²) in [5.41, 5.74) is 0.155. The second kappa shape index (κ2) is 4.24. The highest BCUT2D eigenvalue weighted by molar-refractivity contribution is 5.84. The van der Waals surface area contributed by atoms with E-state index in [0.29, 0.717) is 12.8 Å². The van der Waals surface area contributed by atoms with Gasteiger partial charge in [0.15, 0.2) is 0 Å². The van der Waals surface area contributed by atoms with E-state index < -0.39 is 11.5 Å². The van der Waals surface area contributed by atoms with Crippen LogP contribution in [0.25, 0.3) is 10.9 Å². The van der Waals surface area contributed by atoms with Gasteiger partial charge in [0.25, 0.3) is 0 Å². The standard InChI is InChI=1S/C14H17NO2/c1-3-14(4-2,13(16)17)15-10-9-11-7-5-6-8-12(11)15/h5-10H,3-4H2,1-2H3,(H,16,17). The van der Waals surface area contributed by atoms with Crippen LogP contribution in [-0.2, 0) is 10.3 Å². The summed E-state index contributed by atoms with van der Waals surface area (Å²) in [4.78, 5) is 11.6. The molecule has 1 N–H and O–H groups in total. The molecule has 0 saturated heterocycles. The van der Waals surface area contributed by atoms with Crippen molar-refractivity contribution in [3.63, 3.8) is 0 Å². The zero-order valence-electron chi connectivity index (χ0n) is 10.2. The van der Waals surface area contributed by atoms with E-state index in [1.165, 1.54) is 0 Å². The molecule has 0 aliphatic rings. The van der Waals surface area contributed by atoms with Gasteiger partial charge >= 0.3 is 5.97 Å². The largest absolute Gasteiger partial charge is 0.479 e. The summed E-state index contributed by atoms with van der Waals surface area (Å²) < 4.78 is 1.89. The van der Waals surface area contributed by atoms with Gasteiger partial charge in [-0.1, -0.05) is 32.0 Å². The highest BCUT2D eigenvalue weighted by atomic mass is 16.4. The first-order valence-electron chi connectivity index (χ1n) is 5.95. The zero-order chi connectivity index (χ0) is 12.5. The molecule has 0 spiro atoms. The summed E-state index contributed by atoms with van der Waals surface area (Å²) in [6.07, 6.45) is 3.04. The highest BCUT2D eigenvalue weighted by Crippen LogP contribution is 2.30. The smallest absolute Gasteiger partial charge is 0.329 e. The predicted molar refractivity (Wildman–Crippen MR) is 68.1 cm³/mol. The van der Waals surface area contributed by atoms with E-state index in [2.05, 4.69) is 0 Å². The van der Waals surface area contributed by atoms with Gasteiger partial charge in [-0.15, -0.1) is 0 Å². The molecule has 17 heavy (non-hydrogen) atoms. The molecule has 0 unspecified atom stereocenters. The van der Waals surface area contributed by atoms with E-state index in [1.54, 1.807) is 0 Å². The third kappa shape index (κ3) is 1.62. The summed E-state index contributed by atoms with van der Waals surface area (Å²) in [5.74, 6) is -0.760. The van der Waals surface area contributed by atoms with Crippen molar-refractivity contribution in [2.45, 2.75) is 32.2 Å². The SMILES string of the molecule is CCC(CC)(C(=O)O)n1ccc2ccccc21. The van der Waals surface area contributed by atoms with Gasteiger partial charge in [0.05, 0.1) is 0 Å². The van der Waals surface area contributed by atoms with Gasteiger partial charge in [0.1, 0.15) is 5.54 Å². The fraction of sp³-hybridized carbons (Fsp3) is 0.357. The fourth-order valence-electron chi connectivity index (χ4n) is 2.45. The topological polar surface area (TPSA) is 42.2 Å². The van der Waals surface area contributed by atoms with Crippen LogP contribution in [0.4, 0.5) is 0 Å². The van der Waals surface area contributed by atoms with Crippen LogP contribution in [0.3, 0.4) is 0 Å². The second-order valence-corrected chi connectivity index (χ2v) is 4.29. The monoisotopic (exact) mass is 231 g/mol. The molecule has 1 heterocycles. The Morgan fingerprint density at radius 2 is 1.88 bits per heavy atom. The van der Waals surface area contributed by atoms with E-state index in [0.717, 1.165) is 10.9 Å². The number of benzene rings is 1. The van der Waals surface area contributed by atoms with Crippen molar-refractivity contribution in [3.8, 4) is 0 Å². The molecule has 0 fully saturated rings. The van der Waals surface area contributed by atoms with E-state index in [-0.39, 0.29) is 0 Å². The summed E-state index contributed by atoms with van der Waals surface area (Å²) in [5, 5.41) is 10.6. The Labute approximate surface area is 101 Å². The van der Waals surface area contributed by atoms with Crippen molar-refractivity contribution in [1.29, 1.82) is 0 Å². The van der Waals surface area contributed by atoms with Crippen molar-refractivity contribution in [2.75, 3.05) is 0 Å². The number of hydrogen-bond acceptors (Lipinski definition) is 1. The third-order valence-electron chi connectivity index (χ3n) is 3.63. The summed E-state index contributed by atoms with van der Waals surface area (Å²) in [7, 11) is 0. The number of carbonyl (C=O) groups is 1. The van der Waals surface area contributed by atoms with Crippen molar-refractivity contribution in [1.82, 2.24) is 4.57 Å². The molecular weight excluding hydrogens is 214 g/mol. The van der Waals surface area contributed by atoms with Gasteiger partial charge in [0, 0.05) is 11.7 Å². The first-order valence-corrected chi connectivity index (χ1v) is 5.95. The van der Waals surface area contributed by atoms with Crippen molar-refractivity contribution >= 4 is 16.9 Å². The number of rotatable bonds is 4. The van der Waals surface area contributed by atoms with Gasteiger partial charge in [0.2, 0.25) is 0 Å². The van der Waals surface area contributed by atoms with Crippen LogP contribution in [-0.4, -0.2) is 15.6 Å². The summed E-state index contributed by atoms with van der Waals surface area (Å²) in [6.45, 7) is 3.85. The van der Waals surface area contributed by atoms with E-state index in [1.807, 2.05) is 54.9 Å². The van der Waals surface area contributed by atoms with Crippen LogP contribution < -0.4 is 0 Å². The minimum atomic E-state index is -0.830. The Morgan fingerprint density at radius 3 is 2.47 bits per heavy atom. The highest BCUT2D eigenvalue weighted by Gasteiger charge is 2.37. The molecule has 3 heteroatoms. The summed E-state index contributed by atoms with van der Waals surface area (Å²) in [6, 6.07) is 9.85. The van der Waals surface area contributed by atoms with Crippen molar-refractivity contribution < 1.29 is 9.90 Å². The molecule has 2 rings (SSSR count). The lowest BCUT2D eigenvalue weighted by molar-refractivity contribution is -0.147. The molecule has 2 aromatic rings. The lowest BCUT2D eigenvalue weighted by atomic mass is 9.92. The van der Waals surface area contributed by atoms with Gasteiger partial charge < -0.3 is 9.67 Å². The molecule has 0 saturated carbocycles. The van der Waals surface area contributed by atoms with Gasteiger partial charge in [-0.2, -0.15) is 0 Å². The molecule has 1 aromatic carbocycles. The molecular formula is C14H17NO2. The van der Waals surface area contributed by atoms with Crippen LogP contribution in [0.15, 0.2) is 36.5 Å². The first-order chi connectivity index (χ1) is 8.15. The van der Waals surface area contributed by atoms with E-state index in [4.69, 9.17) is 0 Å². The molecule has 0 bridgehead atoms. The van der Waals surface area contributed by atoms with Gasteiger partial charge in [-0.05, 0) is 30.4 Å². The number of carboxylic acid groups (broad SMARTS) is 1. The minimum Gasteiger partial charge on any atom is -0.479 e. The molecule has 0 atom stereocenters. The normalized spacial score (nSPS) is 11.9. The van der Waals surface area contributed by atoms with Crippen molar-refractivity contribution in [2.24, 2.45) is 0 Å². The van der Waals surface area contributed by atoms with Crippen molar-refractivity contribution in [3.05, 3.63) is 36.5 Å². The fourth-order valence-corrected chi connectivity index (χ4v) is 2.45. The molecule has 3 nitrogen and oxygen atoms in total. The summed E-state index contributed by atoms with van der Waals surface area (Å²) >= 11 is 0. The first kappa shape index (κ1) is 11.7. The van der Waals surface area contributed by atoms with Gasteiger partial charge in [-0.3, -0.25) is 0 Å². The van der Waals surface area contributed by atoms with Gasteiger partial charge in [-0.25, -0.2) is 4.79 Å². The maximum atomic E-state index is 11.6. The van der Waals surface area contributed by atoms with Crippen LogP contribution in [0.5, 0.6) is 0 Å².